The predicted molar refractivity (Wildman–Crippen MR) is 68.1 cm³/mol. The molecule has 0 fully saturated rings. The fourth-order valence-corrected chi connectivity index (χ4v) is 0.999. The van der Waals surface area contributed by atoms with E-state index < -0.39 is 29.2 Å². The van der Waals surface area contributed by atoms with Crippen LogP contribution in [0.5, 0.6) is 0 Å². The SMILES string of the molecule is C[C@H](N)C(=O)OCC(C)(C)NC(=O)OC(C)(C)C. The molecule has 18 heavy (non-hydrogen) atoms. The maximum absolute atomic E-state index is 11.6. The van der Waals surface area contributed by atoms with Crippen molar-refractivity contribution in [1.82, 2.24) is 5.32 Å². The number of hydrogen-bond donors (Lipinski definition) is 2. The monoisotopic (exact) mass is 260 g/mol. The molecule has 0 aliphatic heterocycles. The largest absolute Gasteiger partial charge is 0.462 e. The standard InChI is InChI=1S/C12H24N2O4/c1-8(13)9(15)17-7-12(5,6)14-10(16)18-11(2,3)4/h8H,7,13H2,1-6H3,(H,14,16)/t8-/m0/s1. The van der Waals surface area contributed by atoms with Crippen molar-refractivity contribution in [2.24, 2.45) is 5.73 Å². The third-order valence-electron chi connectivity index (χ3n) is 1.79. The quantitative estimate of drug-likeness (QED) is 0.741. The number of esters is 1. The molecule has 0 aliphatic carbocycles. The first-order chi connectivity index (χ1) is 7.93. The van der Waals surface area contributed by atoms with Gasteiger partial charge in [0.25, 0.3) is 0 Å². The van der Waals surface area contributed by atoms with E-state index in [4.69, 9.17) is 15.2 Å². The molecule has 0 aliphatic rings. The molecule has 0 bridgehead atoms. The number of hydrogen-bond acceptors (Lipinski definition) is 5. The van der Waals surface area contributed by atoms with Crippen LogP contribution in [0.1, 0.15) is 41.5 Å². The number of carbonyl (C=O) groups is 2. The van der Waals surface area contributed by atoms with Crippen LogP contribution in [-0.4, -0.2) is 35.9 Å². The van der Waals surface area contributed by atoms with E-state index in [1.807, 2.05) is 0 Å². The van der Waals surface area contributed by atoms with Gasteiger partial charge in [-0.1, -0.05) is 0 Å². The second kappa shape index (κ2) is 6.04. The summed E-state index contributed by atoms with van der Waals surface area (Å²) >= 11 is 0. The molecule has 106 valence electrons. The molecule has 0 rings (SSSR count). The molecule has 1 amide bonds. The molecule has 6 nitrogen and oxygen atoms in total. The van der Waals surface area contributed by atoms with E-state index in [0.29, 0.717) is 0 Å². The van der Waals surface area contributed by atoms with Crippen LogP contribution in [0.4, 0.5) is 4.79 Å². The average Bonchev–Trinajstić information content (AvgIpc) is 2.09. The third-order valence-corrected chi connectivity index (χ3v) is 1.79. The summed E-state index contributed by atoms with van der Waals surface area (Å²) < 4.78 is 10.1. The first-order valence-electron chi connectivity index (χ1n) is 5.86. The summed E-state index contributed by atoms with van der Waals surface area (Å²) in [6, 6.07) is -0.678. The zero-order chi connectivity index (χ0) is 14.6. The molecular formula is C12H24N2O4. The van der Waals surface area contributed by atoms with Gasteiger partial charge in [0.15, 0.2) is 0 Å². The van der Waals surface area contributed by atoms with Crippen molar-refractivity contribution in [3.05, 3.63) is 0 Å². The molecule has 3 N–H and O–H groups in total. The number of ether oxygens (including phenoxy) is 2. The normalized spacial score (nSPS) is 13.7. The minimum absolute atomic E-state index is 0.0343. The van der Waals surface area contributed by atoms with Crippen molar-refractivity contribution >= 4 is 12.1 Å². The summed E-state index contributed by atoms with van der Waals surface area (Å²) in [6.07, 6.45) is -0.552. The summed E-state index contributed by atoms with van der Waals surface area (Å²) in [5, 5.41) is 2.63. The topological polar surface area (TPSA) is 90.7 Å². The zero-order valence-corrected chi connectivity index (χ0v) is 12.0. The first-order valence-corrected chi connectivity index (χ1v) is 5.86. The zero-order valence-electron chi connectivity index (χ0n) is 12.0. The lowest BCUT2D eigenvalue weighted by Gasteiger charge is -2.28. The average molecular weight is 260 g/mol. The van der Waals surface area contributed by atoms with Gasteiger partial charge in [-0.05, 0) is 41.5 Å². The molecular weight excluding hydrogens is 236 g/mol. The molecule has 0 radical (unpaired) electrons. The van der Waals surface area contributed by atoms with Crippen LogP contribution in [-0.2, 0) is 14.3 Å². The lowest BCUT2D eigenvalue weighted by Crippen LogP contribution is -2.49. The number of nitrogens with one attached hydrogen (secondary N) is 1. The molecule has 0 heterocycles. The van der Waals surface area contributed by atoms with Crippen LogP contribution < -0.4 is 11.1 Å². The lowest BCUT2D eigenvalue weighted by atomic mass is 10.1. The number of rotatable bonds is 4. The second-order valence-electron chi connectivity index (χ2n) is 5.91. The van der Waals surface area contributed by atoms with Crippen LogP contribution in [0, 0.1) is 0 Å². The van der Waals surface area contributed by atoms with Gasteiger partial charge in [-0.3, -0.25) is 4.79 Å². The number of amides is 1. The summed E-state index contributed by atoms with van der Waals surface area (Å²) in [5.74, 6) is -0.505. The van der Waals surface area contributed by atoms with Crippen molar-refractivity contribution in [3.8, 4) is 0 Å². The second-order valence-corrected chi connectivity index (χ2v) is 5.91. The Labute approximate surface area is 108 Å². The smallest absolute Gasteiger partial charge is 0.408 e. The predicted octanol–water partition coefficient (Wildman–Crippen LogP) is 1.18. The Morgan fingerprint density at radius 2 is 1.72 bits per heavy atom. The van der Waals surface area contributed by atoms with E-state index in [1.165, 1.54) is 6.92 Å². The van der Waals surface area contributed by atoms with Gasteiger partial charge in [-0.2, -0.15) is 0 Å². The summed E-state index contributed by atoms with van der Waals surface area (Å²) in [7, 11) is 0. The minimum Gasteiger partial charge on any atom is -0.462 e. The van der Waals surface area contributed by atoms with Gasteiger partial charge in [0.05, 0.1) is 5.54 Å². The fraction of sp³-hybridized carbons (Fsp3) is 0.833. The lowest BCUT2D eigenvalue weighted by molar-refractivity contribution is -0.146. The fourth-order valence-electron chi connectivity index (χ4n) is 0.999. The Morgan fingerprint density at radius 1 is 1.22 bits per heavy atom. The van der Waals surface area contributed by atoms with Gasteiger partial charge in [0.2, 0.25) is 0 Å². The summed E-state index contributed by atoms with van der Waals surface area (Å²) in [5.41, 5.74) is 4.08. The van der Waals surface area contributed by atoms with Gasteiger partial charge in [-0.25, -0.2) is 4.79 Å². The number of carbonyl (C=O) groups excluding carboxylic acids is 2. The molecule has 0 spiro atoms. The van der Waals surface area contributed by atoms with Crippen LogP contribution in [0.3, 0.4) is 0 Å². The number of alkyl carbamates (subject to hydrolysis) is 1. The van der Waals surface area contributed by atoms with E-state index in [1.54, 1.807) is 34.6 Å². The maximum atomic E-state index is 11.6. The molecule has 0 unspecified atom stereocenters. The van der Waals surface area contributed by atoms with Crippen molar-refractivity contribution < 1.29 is 19.1 Å². The van der Waals surface area contributed by atoms with Crippen LogP contribution >= 0.6 is 0 Å². The summed E-state index contributed by atoms with van der Waals surface area (Å²) in [6.45, 7) is 10.3. The Bertz CT molecular complexity index is 306. The Kier molecular flexibility index (Phi) is 5.60. The van der Waals surface area contributed by atoms with Gasteiger partial charge in [0.1, 0.15) is 18.2 Å². The minimum atomic E-state index is -0.715. The highest BCUT2D eigenvalue weighted by Crippen LogP contribution is 2.10. The molecule has 0 aromatic heterocycles. The Morgan fingerprint density at radius 3 is 2.11 bits per heavy atom. The van der Waals surface area contributed by atoms with Gasteiger partial charge in [0, 0.05) is 0 Å². The van der Waals surface area contributed by atoms with Crippen molar-refractivity contribution in [3.63, 3.8) is 0 Å². The van der Waals surface area contributed by atoms with Crippen molar-refractivity contribution in [2.45, 2.75) is 58.7 Å². The molecule has 1 atom stereocenters. The highest BCUT2D eigenvalue weighted by Gasteiger charge is 2.26. The third kappa shape index (κ3) is 7.89. The van der Waals surface area contributed by atoms with Crippen LogP contribution in [0.15, 0.2) is 0 Å². The van der Waals surface area contributed by atoms with Crippen molar-refractivity contribution in [2.75, 3.05) is 6.61 Å². The molecule has 0 saturated carbocycles. The van der Waals surface area contributed by atoms with E-state index in [0.717, 1.165) is 0 Å². The van der Waals surface area contributed by atoms with E-state index >= 15 is 0 Å². The number of nitrogens with two attached hydrogens (primary N) is 1. The van der Waals surface area contributed by atoms with Gasteiger partial charge in [-0.15, -0.1) is 0 Å². The van der Waals surface area contributed by atoms with Gasteiger partial charge < -0.3 is 20.5 Å². The van der Waals surface area contributed by atoms with Gasteiger partial charge >= 0.3 is 12.1 Å². The Hall–Kier alpha value is -1.30. The highest BCUT2D eigenvalue weighted by atomic mass is 16.6. The van der Waals surface area contributed by atoms with Crippen LogP contribution in [0.2, 0.25) is 0 Å². The molecule has 6 heteroatoms. The molecule has 0 aromatic rings. The maximum Gasteiger partial charge on any atom is 0.408 e. The Balaban J connectivity index is 4.23. The summed E-state index contributed by atoms with van der Waals surface area (Å²) in [4.78, 5) is 22.8. The highest BCUT2D eigenvalue weighted by molar-refractivity contribution is 5.75. The van der Waals surface area contributed by atoms with E-state index in [-0.39, 0.29) is 6.61 Å². The van der Waals surface area contributed by atoms with Crippen LogP contribution in [0.25, 0.3) is 0 Å². The molecule has 0 aromatic carbocycles. The molecule has 0 saturated heterocycles. The van der Waals surface area contributed by atoms with Crippen molar-refractivity contribution in [1.29, 1.82) is 0 Å². The van der Waals surface area contributed by atoms with E-state index in [2.05, 4.69) is 5.32 Å². The first kappa shape index (κ1) is 16.7. The van der Waals surface area contributed by atoms with E-state index in [9.17, 15) is 9.59 Å².